The van der Waals surface area contributed by atoms with E-state index in [0.29, 0.717) is 0 Å². The molecule has 0 amide bonds. The first-order valence-corrected chi connectivity index (χ1v) is 11.5. The Hall–Kier alpha value is -3.69. The molecule has 0 aromatic heterocycles. The molecular weight excluding hydrogens is 452 g/mol. The fourth-order valence-electron chi connectivity index (χ4n) is 3.50. The number of allylic oxidation sites excluding steroid dienone is 2. The number of hydrogen-bond acceptors (Lipinski definition) is 8. The smallest absolute Gasteiger partial charge is 0.330 e. The molecule has 2 N–H and O–H groups in total. The highest BCUT2D eigenvalue weighted by Crippen LogP contribution is 2.37. The molecule has 0 aromatic carbocycles. The van der Waals surface area contributed by atoms with Gasteiger partial charge in [0.1, 0.15) is 5.41 Å². The van der Waals surface area contributed by atoms with E-state index in [2.05, 4.69) is 78.9 Å². The second-order valence-electron chi connectivity index (χ2n) is 8.23. The summed E-state index contributed by atoms with van der Waals surface area (Å²) in [6.07, 6.45) is 14.8. The third-order valence-electron chi connectivity index (χ3n) is 5.64. The highest BCUT2D eigenvalue weighted by Gasteiger charge is 2.47. The molecule has 0 spiro atoms. The summed E-state index contributed by atoms with van der Waals surface area (Å²) in [7, 11) is 4.15. The van der Waals surface area contributed by atoms with Crippen LogP contribution >= 0.6 is 0 Å². The number of carbonyl (C=O) groups is 3. The molecule has 0 fully saturated rings. The van der Waals surface area contributed by atoms with Crippen LogP contribution in [0.1, 0.15) is 20.3 Å². The lowest BCUT2D eigenvalue weighted by molar-refractivity contribution is -0.158. The Labute approximate surface area is 207 Å². The molecule has 10 nitrogen and oxygen atoms in total. The van der Waals surface area contributed by atoms with Crippen LogP contribution in [-0.4, -0.2) is 94.8 Å². The SMILES string of the molecule is C=CC(=O)OCCC1(C(=O)O)C=CC=CC1C(=O)O.CCN1C=CN(C)C1.CCN1C=CN(C)C1. The van der Waals surface area contributed by atoms with E-state index in [1.165, 1.54) is 24.3 Å². The minimum absolute atomic E-state index is 0.125. The highest BCUT2D eigenvalue weighted by atomic mass is 16.5. The molecular formula is C25H38N4O6. The van der Waals surface area contributed by atoms with E-state index in [4.69, 9.17) is 9.84 Å². The molecule has 35 heavy (non-hydrogen) atoms. The van der Waals surface area contributed by atoms with Crippen molar-refractivity contribution < 1.29 is 29.3 Å². The van der Waals surface area contributed by atoms with E-state index in [1.807, 2.05) is 0 Å². The van der Waals surface area contributed by atoms with Crippen molar-refractivity contribution >= 4 is 17.9 Å². The summed E-state index contributed by atoms with van der Waals surface area (Å²) in [6.45, 7) is 11.7. The van der Waals surface area contributed by atoms with E-state index >= 15 is 0 Å². The first-order valence-electron chi connectivity index (χ1n) is 11.5. The molecule has 194 valence electrons. The number of carbonyl (C=O) groups excluding carboxylic acids is 1. The molecule has 2 atom stereocenters. The zero-order valence-corrected chi connectivity index (χ0v) is 21.0. The van der Waals surface area contributed by atoms with Gasteiger partial charge >= 0.3 is 17.9 Å². The number of esters is 1. The lowest BCUT2D eigenvalue weighted by atomic mass is 9.70. The Bertz CT molecular complexity index is 827. The van der Waals surface area contributed by atoms with Gasteiger partial charge in [-0.2, -0.15) is 0 Å². The van der Waals surface area contributed by atoms with E-state index in [-0.39, 0.29) is 13.0 Å². The van der Waals surface area contributed by atoms with Crippen LogP contribution in [0.4, 0.5) is 0 Å². The summed E-state index contributed by atoms with van der Waals surface area (Å²) >= 11 is 0. The Kier molecular flexibility index (Phi) is 12.2. The summed E-state index contributed by atoms with van der Waals surface area (Å²) in [5.74, 6) is -4.38. The van der Waals surface area contributed by atoms with Crippen LogP contribution < -0.4 is 0 Å². The van der Waals surface area contributed by atoms with Crippen molar-refractivity contribution in [2.45, 2.75) is 20.3 Å². The molecule has 2 aliphatic heterocycles. The van der Waals surface area contributed by atoms with Crippen LogP contribution in [0.3, 0.4) is 0 Å². The van der Waals surface area contributed by atoms with E-state index in [1.54, 1.807) is 0 Å². The maximum Gasteiger partial charge on any atom is 0.330 e. The van der Waals surface area contributed by atoms with Crippen molar-refractivity contribution in [2.75, 3.05) is 47.1 Å². The summed E-state index contributed by atoms with van der Waals surface area (Å²) in [5.41, 5.74) is -1.61. The predicted molar refractivity (Wildman–Crippen MR) is 134 cm³/mol. The fourth-order valence-corrected chi connectivity index (χ4v) is 3.50. The number of carboxylic acids is 2. The van der Waals surface area contributed by atoms with Crippen molar-refractivity contribution in [3.63, 3.8) is 0 Å². The first kappa shape index (κ1) is 29.3. The molecule has 3 aliphatic rings. The van der Waals surface area contributed by atoms with Crippen molar-refractivity contribution in [1.82, 2.24) is 19.6 Å². The van der Waals surface area contributed by atoms with Crippen molar-refractivity contribution in [3.8, 4) is 0 Å². The van der Waals surface area contributed by atoms with E-state index in [9.17, 15) is 19.5 Å². The van der Waals surface area contributed by atoms with E-state index < -0.39 is 29.2 Å². The molecule has 1 aliphatic carbocycles. The maximum atomic E-state index is 11.4. The van der Waals surface area contributed by atoms with Crippen molar-refractivity contribution in [3.05, 3.63) is 61.8 Å². The lowest BCUT2D eigenvalue weighted by Crippen LogP contribution is -2.42. The predicted octanol–water partition coefficient (Wildman–Crippen LogP) is 2.37. The summed E-state index contributed by atoms with van der Waals surface area (Å²) in [4.78, 5) is 42.3. The van der Waals surface area contributed by atoms with Gasteiger partial charge in [-0.25, -0.2) is 4.79 Å². The molecule has 0 saturated carbocycles. The molecule has 3 rings (SSSR count). The first-order chi connectivity index (χ1) is 16.6. The van der Waals surface area contributed by atoms with Crippen LogP contribution in [0.15, 0.2) is 61.8 Å². The normalized spacial score (nSPS) is 21.8. The largest absolute Gasteiger partial charge is 0.481 e. The number of ether oxygens (including phenoxy) is 1. The number of rotatable bonds is 8. The van der Waals surface area contributed by atoms with Crippen molar-refractivity contribution in [2.24, 2.45) is 11.3 Å². The Morgan fingerprint density at radius 2 is 1.54 bits per heavy atom. The number of carboxylic acid groups (broad SMARTS) is 2. The van der Waals surface area contributed by atoms with Gasteiger partial charge in [0.15, 0.2) is 0 Å². The van der Waals surface area contributed by atoms with Crippen LogP contribution in [0.25, 0.3) is 0 Å². The third-order valence-corrected chi connectivity index (χ3v) is 5.64. The van der Waals surface area contributed by atoms with Gasteiger partial charge in [-0.05, 0) is 13.8 Å². The standard InChI is InChI=1S/C13H14O6.2C6H12N2/c1-2-10(14)19-8-7-13(12(17)18)6-4-3-5-9(13)11(15)16;2*1-3-8-5-4-7(2)6-8/h2-6,9H,1,7-8H2,(H,15,16)(H,17,18);2*4-5H,3,6H2,1-2H3. The molecule has 0 radical (unpaired) electrons. The molecule has 2 heterocycles. The second-order valence-corrected chi connectivity index (χ2v) is 8.23. The summed E-state index contributed by atoms with van der Waals surface area (Å²) in [6, 6.07) is 0. The quantitative estimate of drug-likeness (QED) is 0.388. The van der Waals surface area contributed by atoms with Gasteiger partial charge in [0.2, 0.25) is 0 Å². The second kappa shape index (κ2) is 14.5. The van der Waals surface area contributed by atoms with Crippen LogP contribution in [0.5, 0.6) is 0 Å². The number of aliphatic carboxylic acids is 2. The molecule has 0 bridgehead atoms. The minimum atomic E-state index is -1.61. The maximum absolute atomic E-state index is 11.4. The van der Waals surface area contributed by atoms with Gasteiger partial charge in [-0.1, -0.05) is 30.9 Å². The number of hydrogen-bond donors (Lipinski definition) is 2. The monoisotopic (exact) mass is 490 g/mol. The zero-order valence-electron chi connectivity index (χ0n) is 21.0. The van der Waals surface area contributed by atoms with Gasteiger partial charge in [-0.3, -0.25) is 9.59 Å². The lowest BCUT2D eigenvalue weighted by Gasteiger charge is -2.31. The summed E-state index contributed by atoms with van der Waals surface area (Å²) in [5, 5.41) is 18.4. The molecule has 0 aromatic rings. The van der Waals surface area contributed by atoms with Crippen LogP contribution in [-0.2, 0) is 19.1 Å². The van der Waals surface area contributed by atoms with Crippen LogP contribution in [0.2, 0.25) is 0 Å². The average molecular weight is 491 g/mol. The fraction of sp³-hybridized carbons (Fsp3) is 0.480. The average Bonchev–Trinajstić information content (AvgIpc) is 3.47. The number of nitrogens with zero attached hydrogens (tertiary/aromatic N) is 4. The van der Waals surface area contributed by atoms with Gasteiger partial charge in [0.25, 0.3) is 0 Å². The third kappa shape index (κ3) is 9.23. The topological polar surface area (TPSA) is 114 Å². The molecule has 0 saturated heterocycles. The van der Waals surface area contributed by atoms with Gasteiger partial charge in [-0.15, -0.1) is 0 Å². The Balaban J connectivity index is 0.000000312. The Morgan fingerprint density at radius 1 is 1.00 bits per heavy atom. The highest BCUT2D eigenvalue weighted by molar-refractivity contribution is 5.87. The molecule has 2 unspecified atom stereocenters. The van der Waals surface area contributed by atoms with Crippen LogP contribution in [0, 0.1) is 11.3 Å². The van der Waals surface area contributed by atoms with Gasteiger partial charge < -0.3 is 34.5 Å². The minimum Gasteiger partial charge on any atom is -0.481 e. The van der Waals surface area contributed by atoms with Crippen molar-refractivity contribution in [1.29, 1.82) is 0 Å². The van der Waals surface area contributed by atoms with Gasteiger partial charge in [0, 0.05) is 64.5 Å². The zero-order chi connectivity index (χ0) is 26.4. The van der Waals surface area contributed by atoms with Gasteiger partial charge in [0.05, 0.1) is 25.9 Å². The Morgan fingerprint density at radius 3 is 1.89 bits per heavy atom. The summed E-state index contributed by atoms with van der Waals surface area (Å²) < 4.78 is 4.73. The molecule has 10 heteroatoms. The van der Waals surface area contributed by atoms with E-state index in [0.717, 1.165) is 32.5 Å².